The Balaban J connectivity index is 1.35. The molecule has 2 aliphatic rings. The molecule has 0 saturated carbocycles. The zero-order valence-corrected chi connectivity index (χ0v) is 38.8. The van der Waals surface area contributed by atoms with Crippen LogP contribution >= 0.6 is 0 Å². The van der Waals surface area contributed by atoms with Gasteiger partial charge < -0.3 is 18.6 Å². The third-order valence-corrected chi connectivity index (χ3v) is 14.7. The molecule has 2 fully saturated rings. The van der Waals surface area contributed by atoms with E-state index in [0.717, 1.165) is 12.8 Å². The second kappa shape index (κ2) is 19.7. The predicted octanol–water partition coefficient (Wildman–Crippen LogP) is 14.1. The number of hydrogen-bond acceptors (Lipinski definition) is 4. The Kier molecular flexibility index (Phi) is 15.4. The summed E-state index contributed by atoms with van der Waals surface area (Å²) in [5.74, 6) is 0. The van der Waals surface area contributed by atoms with Gasteiger partial charge in [0.15, 0.2) is 0 Å². The standard InChI is InChI=1S/C52H80B2O4/c1-11-13-15-17-19-21-23-25-27-29-31-39-37-45(53-55-49(3,4)50(5,6)56-53)43-36-34-42-40(32-30-28-26-24-22-20-18-16-14-12-2)38-46(44-35-33-41(39)47(43)48(42)44)54-57-51(7,8)52(9,10)58-54/h33-38H,11-32H2,1-10H3. The van der Waals surface area contributed by atoms with Crippen molar-refractivity contribution < 1.29 is 18.6 Å². The van der Waals surface area contributed by atoms with Crippen molar-refractivity contribution in [1.82, 2.24) is 0 Å². The van der Waals surface area contributed by atoms with E-state index < -0.39 is 36.6 Å². The van der Waals surface area contributed by atoms with Gasteiger partial charge in [-0.15, -0.1) is 0 Å². The van der Waals surface area contributed by atoms with Crippen LogP contribution in [0.1, 0.15) is 209 Å². The smallest absolute Gasteiger partial charge is 0.399 e. The first-order valence-electron chi connectivity index (χ1n) is 24.2. The average Bonchev–Trinajstić information content (AvgIpc) is 3.54. The average molecular weight is 791 g/mol. The van der Waals surface area contributed by atoms with E-state index in [-0.39, 0.29) is 0 Å². The van der Waals surface area contributed by atoms with E-state index in [1.54, 1.807) is 0 Å². The van der Waals surface area contributed by atoms with Gasteiger partial charge in [-0.2, -0.15) is 0 Å². The fourth-order valence-corrected chi connectivity index (χ4v) is 9.55. The van der Waals surface area contributed by atoms with Crippen LogP contribution in [-0.4, -0.2) is 36.6 Å². The maximum absolute atomic E-state index is 6.83. The first-order chi connectivity index (χ1) is 27.7. The first-order valence-corrected chi connectivity index (χ1v) is 24.2. The molecule has 6 heteroatoms. The third kappa shape index (κ3) is 10.1. The summed E-state index contributed by atoms with van der Waals surface area (Å²) in [5, 5.41) is 7.95. The maximum Gasteiger partial charge on any atom is 0.495 e. The minimum Gasteiger partial charge on any atom is -0.399 e. The summed E-state index contributed by atoms with van der Waals surface area (Å²) in [4.78, 5) is 0. The summed E-state index contributed by atoms with van der Waals surface area (Å²) in [6.45, 7) is 22.0. The van der Waals surface area contributed by atoms with Gasteiger partial charge in [0, 0.05) is 0 Å². The van der Waals surface area contributed by atoms with Crippen LogP contribution in [0.25, 0.3) is 32.3 Å². The topological polar surface area (TPSA) is 36.9 Å². The van der Waals surface area contributed by atoms with Gasteiger partial charge in [0.05, 0.1) is 22.4 Å². The van der Waals surface area contributed by atoms with Gasteiger partial charge in [0.25, 0.3) is 0 Å². The molecule has 4 aromatic rings. The highest BCUT2D eigenvalue weighted by Gasteiger charge is 2.53. The summed E-state index contributed by atoms with van der Waals surface area (Å²) in [5.41, 5.74) is 3.52. The van der Waals surface area contributed by atoms with Crippen LogP contribution in [0.5, 0.6) is 0 Å². The quantitative estimate of drug-likeness (QED) is 0.0402. The van der Waals surface area contributed by atoms with Gasteiger partial charge in [-0.3, -0.25) is 0 Å². The van der Waals surface area contributed by atoms with E-state index in [1.165, 1.54) is 183 Å². The molecule has 318 valence electrons. The SMILES string of the molecule is CCCCCCCCCCCCc1cc(B2OC(C)(C)C(C)(C)O2)c2ccc3c(CCCCCCCCCCCC)cc(B4OC(C)(C)C(C)(C)O4)c4ccc1c2c34. The highest BCUT2D eigenvalue weighted by atomic mass is 16.7. The summed E-state index contributed by atoms with van der Waals surface area (Å²) in [7, 11) is -0.843. The van der Waals surface area contributed by atoms with Crippen molar-refractivity contribution in [1.29, 1.82) is 0 Å². The molecule has 0 amide bonds. The molecule has 0 N–H and O–H groups in total. The van der Waals surface area contributed by atoms with E-state index in [0.29, 0.717) is 0 Å². The Labute approximate surface area is 355 Å². The lowest BCUT2D eigenvalue weighted by Gasteiger charge is -2.32. The minimum atomic E-state index is -0.422. The van der Waals surface area contributed by atoms with Gasteiger partial charge in [-0.1, -0.05) is 166 Å². The van der Waals surface area contributed by atoms with Gasteiger partial charge in [-0.05, 0) is 135 Å². The first kappa shape index (κ1) is 45.4. The Morgan fingerprint density at radius 3 is 0.914 bits per heavy atom. The molecule has 0 unspecified atom stereocenters. The van der Waals surface area contributed by atoms with Crippen molar-refractivity contribution >= 4 is 57.5 Å². The zero-order valence-electron chi connectivity index (χ0n) is 38.8. The largest absolute Gasteiger partial charge is 0.495 e. The van der Waals surface area contributed by atoms with Crippen molar-refractivity contribution in [3.8, 4) is 0 Å². The lowest BCUT2D eigenvalue weighted by molar-refractivity contribution is 0.00578. The van der Waals surface area contributed by atoms with Gasteiger partial charge in [0.2, 0.25) is 0 Å². The Morgan fingerprint density at radius 2 is 0.621 bits per heavy atom. The van der Waals surface area contributed by atoms with Crippen LogP contribution in [0, 0.1) is 0 Å². The normalized spacial score (nSPS) is 18.5. The molecule has 0 aromatic heterocycles. The fraction of sp³-hybridized carbons (Fsp3) is 0.692. The molecular weight excluding hydrogens is 710 g/mol. The van der Waals surface area contributed by atoms with E-state index >= 15 is 0 Å². The van der Waals surface area contributed by atoms with Crippen LogP contribution in [0.15, 0.2) is 36.4 Å². The Morgan fingerprint density at radius 1 is 0.362 bits per heavy atom. The van der Waals surface area contributed by atoms with Crippen LogP contribution < -0.4 is 10.9 Å². The molecule has 4 nitrogen and oxygen atoms in total. The van der Waals surface area contributed by atoms with E-state index in [9.17, 15) is 0 Å². The molecule has 0 atom stereocenters. The molecule has 4 aromatic carbocycles. The number of aryl methyl sites for hydroxylation is 2. The van der Waals surface area contributed by atoms with Gasteiger partial charge in [0.1, 0.15) is 0 Å². The van der Waals surface area contributed by atoms with Crippen LogP contribution in [0.3, 0.4) is 0 Å². The predicted molar refractivity (Wildman–Crippen MR) is 253 cm³/mol. The van der Waals surface area contributed by atoms with Gasteiger partial charge in [-0.25, -0.2) is 0 Å². The molecule has 0 radical (unpaired) electrons. The number of hydrogen-bond donors (Lipinski definition) is 0. The molecule has 0 spiro atoms. The molecule has 2 heterocycles. The molecule has 0 aliphatic carbocycles. The van der Waals surface area contributed by atoms with E-state index in [2.05, 4.69) is 106 Å². The van der Waals surface area contributed by atoms with Gasteiger partial charge >= 0.3 is 14.2 Å². The summed E-state index contributed by atoms with van der Waals surface area (Å²) < 4.78 is 27.3. The summed E-state index contributed by atoms with van der Waals surface area (Å²) in [6.07, 6.45) is 29.0. The van der Waals surface area contributed by atoms with Crippen molar-refractivity contribution in [2.45, 2.75) is 233 Å². The highest BCUT2D eigenvalue weighted by Crippen LogP contribution is 2.43. The Bertz CT molecular complexity index is 1740. The number of rotatable bonds is 24. The fourth-order valence-electron chi connectivity index (χ4n) is 9.55. The summed E-state index contributed by atoms with van der Waals surface area (Å²) in [6, 6.07) is 14.5. The maximum atomic E-state index is 6.83. The van der Waals surface area contributed by atoms with E-state index in [1.807, 2.05) is 0 Å². The number of unbranched alkanes of at least 4 members (excludes halogenated alkanes) is 18. The van der Waals surface area contributed by atoms with Crippen molar-refractivity contribution in [2.75, 3.05) is 0 Å². The zero-order chi connectivity index (χ0) is 41.6. The number of benzene rings is 4. The van der Waals surface area contributed by atoms with Crippen molar-refractivity contribution in [3.05, 3.63) is 47.5 Å². The molecule has 0 bridgehead atoms. The van der Waals surface area contributed by atoms with Crippen LogP contribution in [-0.2, 0) is 31.5 Å². The van der Waals surface area contributed by atoms with E-state index in [4.69, 9.17) is 18.6 Å². The monoisotopic (exact) mass is 791 g/mol. The highest BCUT2D eigenvalue weighted by molar-refractivity contribution is 6.67. The van der Waals surface area contributed by atoms with Crippen molar-refractivity contribution in [2.24, 2.45) is 0 Å². The molecule has 2 saturated heterocycles. The van der Waals surface area contributed by atoms with Crippen molar-refractivity contribution in [3.63, 3.8) is 0 Å². The molecule has 2 aliphatic heterocycles. The molecular formula is C52H80B2O4. The molecule has 6 rings (SSSR count). The second-order valence-corrected chi connectivity index (χ2v) is 20.4. The lowest BCUT2D eigenvalue weighted by Crippen LogP contribution is -2.41. The third-order valence-electron chi connectivity index (χ3n) is 14.7. The Hall–Kier alpha value is -2.11. The lowest BCUT2D eigenvalue weighted by atomic mass is 9.70. The minimum absolute atomic E-state index is 0.412. The van der Waals surface area contributed by atoms with Crippen LogP contribution in [0.2, 0.25) is 0 Å². The second-order valence-electron chi connectivity index (χ2n) is 20.4. The van der Waals surface area contributed by atoms with Crippen LogP contribution in [0.4, 0.5) is 0 Å². The molecule has 58 heavy (non-hydrogen) atoms. The summed E-state index contributed by atoms with van der Waals surface area (Å²) >= 11 is 0.